The summed E-state index contributed by atoms with van der Waals surface area (Å²) in [5, 5.41) is 3.45. The fourth-order valence-corrected chi connectivity index (χ4v) is 10.5. The summed E-state index contributed by atoms with van der Waals surface area (Å²) >= 11 is 1.70. The molecular formula is C44H45FN8O7S. The van der Waals surface area contributed by atoms with Crippen molar-refractivity contribution in [3.05, 3.63) is 90.2 Å². The first kappa shape index (κ1) is 38.9. The van der Waals surface area contributed by atoms with Crippen LogP contribution in [0.2, 0.25) is 0 Å². The molecule has 6 aromatic rings. The van der Waals surface area contributed by atoms with Gasteiger partial charge in [-0.2, -0.15) is 0 Å². The zero-order chi connectivity index (χ0) is 42.4. The number of aromatic nitrogens is 5. The Balaban J connectivity index is 0.936. The average molecular weight is 849 g/mol. The van der Waals surface area contributed by atoms with Gasteiger partial charge in [0, 0.05) is 35.0 Å². The third-order valence-electron chi connectivity index (χ3n) is 11.7. The van der Waals surface area contributed by atoms with Crippen LogP contribution in [0.25, 0.3) is 44.7 Å². The number of methoxy groups -OCH3 is 1. The Hall–Kier alpha value is -6.23. The minimum absolute atomic E-state index is 0.0163. The number of carbonyl (C=O) groups is 3. The van der Waals surface area contributed by atoms with E-state index in [-0.39, 0.29) is 35.5 Å². The number of rotatable bonds is 7. The average Bonchev–Trinajstić information content (AvgIpc) is 3.98. The SMILES string of the molecule is COC(=O)NCC(=O)N1CCC[C@@]12SC2c1ncc(-c2ccc3c(c2)OC(c2ccc(C)o2)n2c-3cc3cc(-c4cnc([C@@H]5C[C@@H](F)CN5C(=O)OC(C)(C)C)[nH]4)ccc32)[nH]1. The van der Waals surface area contributed by atoms with Crippen LogP contribution in [0.5, 0.6) is 5.75 Å². The first-order valence-corrected chi connectivity index (χ1v) is 21.2. The molecule has 0 saturated carbocycles. The predicted octanol–water partition coefficient (Wildman–Crippen LogP) is 8.41. The van der Waals surface area contributed by atoms with E-state index in [1.54, 1.807) is 38.7 Å². The molecule has 316 valence electrons. The highest BCUT2D eigenvalue weighted by atomic mass is 32.2. The second-order valence-corrected chi connectivity index (χ2v) is 18.4. The van der Waals surface area contributed by atoms with Gasteiger partial charge in [0.15, 0.2) is 5.76 Å². The molecule has 4 aromatic heterocycles. The Kier molecular flexibility index (Phi) is 9.23. The lowest BCUT2D eigenvalue weighted by atomic mass is 10.0. The molecule has 4 aliphatic rings. The van der Waals surface area contributed by atoms with Crippen LogP contribution in [0.4, 0.5) is 14.0 Å². The normalized spacial score (nSPS) is 22.9. The van der Waals surface area contributed by atoms with Gasteiger partial charge in [0.05, 0.1) is 59.9 Å². The number of benzene rings is 2. The Labute approximate surface area is 354 Å². The fourth-order valence-electron chi connectivity index (χ4n) is 8.94. The first-order chi connectivity index (χ1) is 29.3. The van der Waals surface area contributed by atoms with Crippen LogP contribution in [0.3, 0.4) is 0 Å². The number of likely N-dealkylation sites (tertiary alicyclic amines) is 2. The van der Waals surface area contributed by atoms with Crippen LogP contribution in [0.15, 0.2) is 71.4 Å². The third kappa shape index (κ3) is 6.88. The lowest BCUT2D eigenvalue weighted by Crippen LogP contribution is -2.44. The molecule has 4 aliphatic heterocycles. The maximum Gasteiger partial charge on any atom is 0.411 e. The Bertz CT molecular complexity index is 2720. The number of fused-ring (bicyclic) bond motifs is 5. The summed E-state index contributed by atoms with van der Waals surface area (Å²) in [6, 6.07) is 17.7. The van der Waals surface area contributed by atoms with Gasteiger partial charge in [-0.3, -0.25) is 14.3 Å². The van der Waals surface area contributed by atoms with E-state index in [1.807, 2.05) is 54.4 Å². The van der Waals surface area contributed by atoms with Crippen molar-refractivity contribution in [2.24, 2.45) is 0 Å². The van der Waals surface area contributed by atoms with Crippen molar-refractivity contribution in [1.29, 1.82) is 0 Å². The number of alkyl carbamates (subject to hydrolysis) is 1. The maximum atomic E-state index is 14.7. The lowest BCUT2D eigenvalue weighted by Gasteiger charge is -2.29. The van der Waals surface area contributed by atoms with Crippen LogP contribution >= 0.6 is 11.8 Å². The Morgan fingerprint density at radius 2 is 1.77 bits per heavy atom. The third-order valence-corrected chi connectivity index (χ3v) is 13.4. The standard InChI is InChI=1S/C44H45FN8O7S/c1-23-7-12-34(58-23)40-53-31-11-9-24(29-19-46-38(49-29)33-18-27(45)22-51(33)42(56)60-43(2,3)4)15-26(31)16-32(53)28-10-8-25(17-35(28)59-40)30-20-47-39(50-30)37-44(61-37)13-6-14-52(44)36(54)21-48-41(55)57-5/h7-12,15-17,19-20,27,33,37,40H,6,13-14,18,21-22H2,1-5H3,(H,46,49)(H,47,50)(H,48,55)/t27-,33+,37?,40?,44+/m1/s1. The molecule has 0 radical (unpaired) electrons. The minimum Gasteiger partial charge on any atom is -0.462 e. The molecule has 15 nitrogen and oxygen atoms in total. The molecule has 0 bridgehead atoms. The number of amides is 3. The number of hydrogen-bond donors (Lipinski definition) is 3. The van der Waals surface area contributed by atoms with Gasteiger partial charge in [-0.05, 0) is 83.0 Å². The number of halogens is 1. The van der Waals surface area contributed by atoms with Gasteiger partial charge in [-0.1, -0.05) is 12.1 Å². The van der Waals surface area contributed by atoms with E-state index in [4.69, 9.17) is 18.9 Å². The quantitative estimate of drug-likeness (QED) is 0.132. The van der Waals surface area contributed by atoms with E-state index in [0.29, 0.717) is 23.9 Å². The topological polar surface area (TPSA) is 173 Å². The molecule has 10 rings (SSSR count). The first-order valence-electron chi connectivity index (χ1n) is 20.4. The number of H-pyrrole nitrogens is 2. The molecule has 0 aliphatic carbocycles. The molecule has 3 fully saturated rings. The Morgan fingerprint density at radius 1 is 1.02 bits per heavy atom. The van der Waals surface area contributed by atoms with Crippen molar-refractivity contribution in [3.8, 4) is 39.5 Å². The van der Waals surface area contributed by atoms with Crippen LogP contribution < -0.4 is 10.1 Å². The summed E-state index contributed by atoms with van der Waals surface area (Å²) in [7, 11) is 1.27. The van der Waals surface area contributed by atoms with Crippen molar-refractivity contribution < 1.29 is 37.4 Å². The predicted molar refractivity (Wildman–Crippen MR) is 224 cm³/mol. The highest BCUT2D eigenvalue weighted by molar-refractivity contribution is 8.08. The molecule has 3 amide bonds. The number of nitrogens with zero attached hydrogens (tertiary/aromatic N) is 5. The van der Waals surface area contributed by atoms with Crippen LogP contribution in [0.1, 0.15) is 80.7 Å². The largest absolute Gasteiger partial charge is 0.462 e. The van der Waals surface area contributed by atoms with Crippen molar-refractivity contribution in [2.75, 3.05) is 26.7 Å². The molecule has 2 unspecified atom stereocenters. The number of ether oxygens (including phenoxy) is 3. The minimum atomic E-state index is -1.18. The fraction of sp³-hybridized carbons (Fsp3) is 0.386. The number of aromatic amines is 2. The molecule has 2 aromatic carbocycles. The van der Waals surface area contributed by atoms with Crippen molar-refractivity contribution in [3.63, 3.8) is 0 Å². The van der Waals surface area contributed by atoms with Crippen molar-refractivity contribution >= 4 is 40.8 Å². The molecule has 17 heteroatoms. The number of nitrogens with one attached hydrogen (secondary N) is 3. The number of aryl methyl sites for hydroxylation is 1. The molecule has 1 spiro atoms. The van der Waals surface area contributed by atoms with E-state index >= 15 is 0 Å². The number of thioether (sulfide) groups is 1. The smallest absolute Gasteiger partial charge is 0.411 e. The highest BCUT2D eigenvalue weighted by Crippen LogP contribution is 2.70. The van der Waals surface area contributed by atoms with Gasteiger partial charge >= 0.3 is 12.2 Å². The zero-order valence-electron chi connectivity index (χ0n) is 34.3. The lowest BCUT2D eigenvalue weighted by molar-refractivity contribution is -0.131. The van der Waals surface area contributed by atoms with E-state index in [1.165, 1.54) is 12.0 Å². The van der Waals surface area contributed by atoms with E-state index < -0.39 is 36.2 Å². The highest BCUT2D eigenvalue weighted by Gasteiger charge is 2.64. The van der Waals surface area contributed by atoms with Gasteiger partial charge in [-0.25, -0.2) is 23.9 Å². The molecule has 61 heavy (non-hydrogen) atoms. The van der Waals surface area contributed by atoms with Crippen molar-refractivity contribution in [2.45, 2.75) is 81.1 Å². The summed E-state index contributed by atoms with van der Waals surface area (Å²) in [6.07, 6.45) is 2.41. The number of alkyl halides is 1. The summed E-state index contributed by atoms with van der Waals surface area (Å²) in [4.78, 5) is 56.9. The number of carbonyl (C=O) groups excluding carboxylic acids is 3. The van der Waals surface area contributed by atoms with E-state index in [2.05, 4.69) is 47.8 Å². The van der Waals surface area contributed by atoms with Gasteiger partial charge in [0.2, 0.25) is 12.1 Å². The molecule has 3 saturated heterocycles. The number of furan rings is 1. The van der Waals surface area contributed by atoms with Gasteiger partial charge in [0.1, 0.15) is 46.3 Å². The summed E-state index contributed by atoms with van der Waals surface area (Å²) in [6.45, 7) is 7.72. The van der Waals surface area contributed by atoms with Crippen LogP contribution in [-0.4, -0.2) is 95.8 Å². The van der Waals surface area contributed by atoms with Crippen molar-refractivity contribution in [1.82, 2.24) is 39.6 Å². The molecule has 5 atom stereocenters. The van der Waals surface area contributed by atoms with Crippen LogP contribution in [-0.2, 0) is 14.3 Å². The summed E-state index contributed by atoms with van der Waals surface area (Å²) < 4.78 is 40.1. The summed E-state index contributed by atoms with van der Waals surface area (Å²) in [5.41, 5.74) is 5.42. The second-order valence-electron chi connectivity index (χ2n) is 17.0. The van der Waals surface area contributed by atoms with E-state index in [9.17, 15) is 18.8 Å². The van der Waals surface area contributed by atoms with Gasteiger partial charge < -0.3 is 38.8 Å². The van der Waals surface area contributed by atoms with Crippen LogP contribution in [0, 0.1) is 6.92 Å². The maximum absolute atomic E-state index is 14.7. The van der Waals surface area contributed by atoms with E-state index in [0.717, 1.165) is 69.1 Å². The summed E-state index contributed by atoms with van der Waals surface area (Å²) in [5.74, 6) is 3.25. The molecular weight excluding hydrogens is 804 g/mol. The van der Waals surface area contributed by atoms with Gasteiger partial charge in [0.25, 0.3) is 0 Å². The number of hydrogen-bond acceptors (Lipinski definition) is 10. The monoisotopic (exact) mass is 848 g/mol. The number of imidazole rings is 2. The second kappa shape index (κ2) is 14.5. The zero-order valence-corrected chi connectivity index (χ0v) is 35.1. The Morgan fingerprint density at radius 3 is 2.52 bits per heavy atom. The molecule has 8 heterocycles. The molecule has 3 N–H and O–H groups in total. The van der Waals surface area contributed by atoms with Gasteiger partial charge in [-0.15, -0.1) is 11.8 Å².